The van der Waals surface area contributed by atoms with E-state index in [-0.39, 0.29) is 37.2 Å². The quantitative estimate of drug-likeness (QED) is 0.395. The van der Waals surface area contributed by atoms with E-state index in [0.717, 1.165) is 4.31 Å². The second-order valence-electron chi connectivity index (χ2n) is 11.1. The molecule has 13 nitrogen and oxygen atoms in total. The molecule has 0 radical (unpaired) electrons. The summed E-state index contributed by atoms with van der Waals surface area (Å²) in [5.41, 5.74) is -1.74. The molecule has 0 aliphatic carbocycles. The van der Waals surface area contributed by atoms with Crippen LogP contribution in [0.4, 0.5) is 0 Å². The van der Waals surface area contributed by atoms with Crippen molar-refractivity contribution in [1.29, 1.82) is 0 Å². The van der Waals surface area contributed by atoms with Crippen LogP contribution in [0.5, 0.6) is 0 Å². The van der Waals surface area contributed by atoms with E-state index in [1.165, 1.54) is 18.0 Å². The highest BCUT2D eigenvalue weighted by molar-refractivity contribution is 7.89. The predicted octanol–water partition coefficient (Wildman–Crippen LogP) is 1.53. The highest BCUT2D eigenvalue weighted by Gasteiger charge is 2.61. The minimum Gasteiger partial charge on any atom is -0.478 e. The average molecular weight is 626 g/mol. The fourth-order valence-corrected chi connectivity index (χ4v) is 7.91. The molecule has 1 aromatic heterocycles. The monoisotopic (exact) mass is 625 g/mol. The van der Waals surface area contributed by atoms with Gasteiger partial charge in [0, 0.05) is 42.0 Å². The predicted molar refractivity (Wildman–Crippen MR) is 152 cm³/mol. The summed E-state index contributed by atoms with van der Waals surface area (Å²) in [7, 11) is -2.67. The molecule has 1 spiro atoms. The standard InChI is InChI=1S/C27H36ClN5O8S/c1-4-22(34)31-10-8-26(9-11-31)15-33-23(35)14-32(17-27(33,41-26)16-30(3)24(25(36)37)40-5-2)42(38,39)21-13-18-12-19(28)6-7-20(18)29-21/h6-7,12-13,24,29H,4-5,8-11,14-17H2,1-3H3,(H,36,37). The first kappa shape index (κ1) is 30.7. The number of nitrogens with one attached hydrogen (secondary N) is 1. The van der Waals surface area contributed by atoms with Crippen molar-refractivity contribution in [2.24, 2.45) is 0 Å². The van der Waals surface area contributed by atoms with Crippen LogP contribution >= 0.6 is 11.6 Å². The van der Waals surface area contributed by atoms with E-state index in [2.05, 4.69) is 4.98 Å². The number of aromatic nitrogens is 1. The molecular formula is C27H36ClN5O8S. The lowest BCUT2D eigenvalue weighted by atomic mass is 9.91. The van der Waals surface area contributed by atoms with Crippen LogP contribution in [0.3, 0.4) is 0 Å². The Bertz CT molecular complexity index is 1490. The minimum absolute atomic E-state index is 0.0315. The van der Waals surface area contributed by atoms with Gasteiger partial charge in [0.15, 0.2) is 5.72 Å². The lowest BCUT2D eigenvalue weighted by Crippen LogP contribution is -2.67. The van der Waals surface area contributed by atoms with Crippen LogP contribution in [0, 0.1) is 0 Å². The average Bonchev–Trinajstić information content (AvgIpc) is 3.51. The van der Waals surface area contributed by atoms with E-state index in [1.807, 2.05) is 0 Å². The van der Waals surface area contributed by atoms with Gasteiger partial charge in [-0.3, -0.25) is 14.5 Å². The van der Waals surface area contributed by atoms with Crippen molar-refractivity contribution >= 4 is 50.3 Å². The summed E-state index contributed by atoms with van der Waals surface area (Å²) in [6.07, 6.45) is -0.0428. The third kappa shape index (κ3) is 5.51. The molecule has 3 fully saturated rings. The Hall–Kier alpha value is -2.75. The number of carbonyl (C=O) groups excluding carboxylic acids is 2. The van der Waals surface area contributed by atoms with Gasteiger partial charge in [-0.25, -0.2) is 13.2 Å². The third-order valence-electron chi connectivity index (χ3n) is 8.32. The van der Waals surface area contributed by atoms with Gasteiger partial charge < -0.3 is 29.4 Å². The number of aliphatic carboxylic acids is 1. The van der Waals surface area contributed by atoms with Gasteiger partial charge in [0.2, 0.25) is 18.0 Å². The number of likely N-dealkylation sites (N-methyl/N-ethyl adjacent to an activating group) is 1. The van der Waals surface area contributed by atoms with Gasteiger partial charge in [0.25, 0.3) is 10.0 Å². The zero-order valence-electron chi connectivity index (χ0n) is 23.8. The zero-order valence-corrected chi connectivity index (χ0v) is 25.4. The number of nitrogens with zero attached hydrogens (tertiary/aromatic N) is 4. The molecule has 4 heterocycles. The Morgan fingerprint density at radius 1 is 1.21 bits per heavy atom. The number of carbonyl (C=O) groups is 3. The number of fused-ring (bicyclic) bond motifs is 2. The summed E-state index contributed by atoms with van der Waals surface area (Å²) in [6.45, 7) is 3.95. The number of hydrogen-bond acceptors (Lipinski definition) is 8. The Labute approximate surface area is 249 Å². The molecule has 3 aliphatic rings. The fraction of sp³-hybridized carbons (Fsp3) is 0.593. The summed E-state index contributed by atoms with van der Waals surface area (Å²) in [5, 5.41) is 10.8. The molecule has 2 N–H and O–H groups in total. The van der Waals surface area contributed by atoms with E-state index < -0.39 is 46.0 Å². The van der Waals surface area contributed by atoms with Gasteiger partial charge in [-0.15, -0.1) is 0 Å². The van der Waals surface area contributed by atoms with Crippen molar-refractivity contribution in [3.63, 3.8) is 0 Å². The Morgan fingerprint density at radius 3 is 2.57 bits per heavy atom. The van der Waals surface area contributed by atoms with Crippen molar-refractivity contribution in [3.05, 3.63) is 29.3 Å². The number of H-pyrrole nitrogens is 1. The third-order valence-corrected chi connectivity index (χ3v) is 10.3. The van der Waals surface area contributed by atoms with Gasteiger partial charge in [0.1, 0.15) is 5.03 Å². The first-order valence-corrected chi connectivity index (χ1v) is 15.8. The fourth-order valence-electron chi connectivity index (χ4n) is 6.28. The number of rotatable bonds is 9. The van der Waals surface area contributed by atoms with Crippen LogP contribution in [0.1, 0.15) is 33.1 Å². The van der Waals surface area contributed by atoms with Crippen LogP contribution in [-0.4, -0.2) is 126 Å². The number of amides is 2. The van der Waals surface area contributed by atoms with Gasteiger partial charge in [-0.2, -0.15) is 4.31 Å². The maximum absolute atomic E-state index is 13.9. The SMILES string of the molecule is CCOC(C(=O)O)N(C)CC12CN(S(=O)(=O)c3cc4cc(Cl)ccc4[nH]3)CC(=O)N1CC1(CCN(C(=O)CC)CC1)O2. The molecule has 2 unspecified atom stereocenters. The van der Waals surface area contributed by atoms with Crippen molar-refractivity contribution in [3.8, 4) is 0 Å². The second-order valence-corrected chi connectivity index (χ2v) is 13.5. The Morgan fingerprint density at radius 2 is 1.93 bits per heavy atom. The van der Waals surface area contributed by atoms with Gasteiger partial charge >= 0.3 is 5.97 Å². The number of sulfonamides is 1. The number of piperidine rings is 1. The van der Waals surface area contributed by atoms with Crippen LogP contribution in [0.15, 0.2) is 29.3 Å². The molecule has 15 heteroatoms. The minimum atomic E-state index is -4.21. The van der Waals surface area contributed by atoms with Crippen molar-refractivity contribution < 1.29 is 37.4 Å². The van der Waals surface area contributed by atoms with Crippen molar-refractivity contribution in [2.45, 2.75) is 55.7 Å². The van der Waals surface area contributed by atoms with Crippen molar-refractivity contribution in [2.75, 3.05) is 52.9 Å². The maximum atomic E-state index is 13.9. The molecule has 3 saturated heterocycles. The zero-order chi connectivity index (χ0) is 30.4. The number of ether oxygens (including phenoxy) is 2. The van der Waals surface area contributed by atoms with E-state index in [9.17, 15) is 27.9 Å². The van der Waals surface area contributed by atoms with Crippen molar-refractivity contribution in [1.82, 2.24) is 24.0 Å². The number of hydrogen-bond donors (Lipinski definition) is 2. The summed E-state index contributed by atoms with van der Waals surface area (Å²) < 4.78 is 41.2. The highest BCUT2D eigenvalue weighted by atomic mass is 35.5. The topological polar surface area (TPSA) is 153 Å². The van der Waals surface area contributed by atoms with Gasteiger partial charge in [0.05, 0.1) is 31.8 Å². The van der Waals surface area contributed by atoms with E-state index in [1.54, 1.807) is 41.8 Å². The summed E-state index contributed by atoms with van der Waals surface area (Å²) in [6, 6.07) is 6.44. The Kier molecular flexibility index (Phi) is 8.33. The van der Waals surface area contributed by atoms with Crippen LogP contribution < -0.4 is 0 Å². The molecular weight excluding hydrogens is 590 g/mol. The largest absolute Gasteiger partial charge is 0.478 e. The van der Waals surface area contributed by atoms with Crippen LogP contribution in [0.2, 0.25) is 5.02 Å². The number of likely N-dealkylation sites (tertiary alicyclic amines) is 1. The van der Waals surface area contributed by atoms with Gasteiger partial charge in [-0.05, 0) is 51.1 Å². The molecule has 1 aromatic carbocycles. The first-order chi connectivity index (χ1) is 19.8. The first-order valence-electron chi connectivity index (χ1n) is 13.9. The number of piperazine rings is 1. The molecule has 2 amide bonds. The number of benzene rings is 1. The van der Waals surface area contributed by atoms with Gasteiger partial charge in [-0.1, -0.05) is 18.5 Å². The highest BCUT2D eigenvalue weighted by Crippen LogP contribution is 2.44. The smallest absolute Gasteiger partial charge is 0.348 e. The van der Waals surface area contributed by atoms with E-state index in [4.69, 9.17) is 21.1 Å². The van der Waals surface area contributed by atoms with Crippen LogP contribution in [-0.2, 0) is 33.9 Å². The molecule has 5 rings (SSSR count). The molecule has 0 saturated carbocycles. The number of aromatic amines is 1. The molecule has 2 aromatic rings. The molecule has 230 valence electrons. The number of carboxylic acids is 1. The number of halogens is 1. The Balaban J connectivity index is 1.49. The molecule has 3 aliphatic heterocycles. The summed E-state index contributed by atoms with van der Waals surface area (Å²) >= 11 is 6.09. The lowest BCUT2D eigenvalue weighted by molar-refractivity contribution is -0.199. The summed E-state index contributed by atoms with van der Waals surface area (Å²) in [5.74, 6) is -1.64. The second kappa shape index (κ2) is 11.4. The maximum Gasteiger partial charge on any atom is 0.348 e. The molecule has 2 atom stereocenters. The lowest BCUT2D eigenvalue weighted by Gasteiger charge is -2.47. The normalized spacial score (nSPS) is 23.6. The summed E-state index contributed by atoms with van der Waals surface area (Å²) in [4.78, 5) is 45.7. The molecule has 0 bridgehead atoms. The van der Waals surface area contributed by atoms with E-state index in [0.29, 0.717) is 48.3 Å². The number of carboxylic acid groups (broad SMARTS) is 1. The van der Waals surface area contributed by atoms with Crippen LogP contribution in [0.25, 0.3) is 10.9 Å². The van der Waals surface area contributed by atoms with E-state index >= 15 is 0 Å². The molecule has 42 heavy (non-hydrogen) atoms.